The molecule has 2 aromatic heterocycles. The van der Waals surface area contributed by atoms with E-state index in [4.69, 9.17) is 5.73 Å². The van der Waals surface area contributed by atoms with Gasteiger partial charge in [0.05, 0.1) is 17.2 Å². The normalized spacial score (nSPS) is 10.9. The minimum Gasteiger partial charge on any atom is -0.375 e. The standard InChI is InChI=1S/C12H16N4OS2/c1-6(2)11-15-7(3)9(19-11)4-14-10(17)8-5-18-12(13)16-8/h5-6H,4H2,1-3H3,(H2,13,16)(H,14,17). The minimum atomic E-state index is -0.202. The third-order valence-electron chi connectivity index (χ3n) is 2.57. The van der Waals surface area contributed by atoms with E-state index in [9.17, 15) is 4.79 Å². The van der Waals surface area contributed by atoms with E-state index in [1.807, 2.05) is 6.92 Å². The molecule has 102 valence electrons. The molecular weight excluding hydrogens is 280 g/mol. The number of anilines is 1. The molecule has 2 aromatic rings. The smallest absolute Gasteiger partial charge is 0.271 e. The van der Waals surface area contributed by atoms with Gasteiger partial charge in [0.1, 0.15) is 5.69 Å². The van der Waals surface area contributed by atoms with Crippen LogP contribution in [0, 0.1) is 6.92 Å². The highest BCUT2D eigenvalue weighted by atomic mass is 32.1. The van der Waals surface area contributed by atoms with Crippen molar-refractivity contribution in [1.82, 2.24) is 15.3 Å². The Labute approximate surface area is 119 Å². The molecule has 0 spiro atoms. The number of amides is 1. The number of carbonyl (C=O) groups excluding carboxylic acids is 1. The lowest BCUT2D eigenvalue weighted by Gasteiger charge is -2.01. The molecule has 0 aromatic carbocycles. The first-order chi connectivity index (χ1) is 8.97. The lowest BCUT2D eigenvalue weighted by atomic mass is 10.2. The molecule has 2 heterocycles. The number of hydrogen-bond acceptors (Lipinski definition) is 6. The summed E-state index contributed by atoms with van der Waals surface area (Å²) >= 11 is 2.90. The van der Waals surface area contributed by atoms with Crippen molar-refractivity contribution < 1.29 is 4.79 Å². The number of nitrogen functional groups attached to an aromatic ring is 1. The van der Waals surface area contributed by atoms with Crippen LogP contribution in [0.2, 0.25) is 0 Å². The predicted octanol–water partition coefficient (Wildman–Crippen LogP) is 2.54. The molecule has 0 radical (unpaired) electrons. The Morgan fingerprint density at radius 1 is 1.47 bits per heavy atom. The molecule has 0 saturated heterocycles. The summed E-state index contributed by atoms with van der Waals surface area (Å²) in [6, 6.07) is 0. The van der Waals surface area contributed by atoms with Crippen LogP contribution in [0.5, 0.6) is 0 Å². The van der Waals surface area contributed by atoms with Gasteiger partial charge in [-0.05, 0) is 6.92 Å². The van der Waals surface area contributed by atoms with E-state index < -0.39 is 0 Å². The molecule has 5 nitrogen and oxygen atoms in total. The summed E-state index contributed by atoms with van der Waals surface area (Å²) in [6.45, 7) is 6.66. The molecule has 1 amide bonds. The Kier molecular flexibility index (Phi) is 4.16. The van der Waals surface area contributed by atoms with Crippen molar-refractivity contribution >= 4 is 33.7 Å². The molecular formula is C12H16N4OS2. The summed E-state index contributed by atoms with van der Waals surface area (Å²) in [4.78, 5) is 21.4. The van der Waals surface area contributed by atoms with Crippen LogP contribution < -0.4 is 11.1 Å². The van der Waals surface area contributed by atoms with Crippen LogP contribution in [0.1, 0.15) is 45.8 Å². The second kappa shape index (κ2) is 5.66. The van der Waals surface area contributed by atoms with E-state index in [0.29, 0.717) is 23.3 Å². The van der Waals surface area contributed by atoms with Crippen LogP contribution in [0.3, 0.4) is 0 Å². The van der Waals surface area contributed by atoms with Gasteiger partial charge in [0.25, 0.3) is 5.91 Å². The van der Waals surface area contributed by atoms with Crippen LogP contribution in [-0.2, 0) is 6.54 Å². The molecule has 0 aliphatic carbocycles. The molecule has 0 fully saturated rings. The fourth-order valence-corrected chi connectivity index (χ4v) is 3.06. The van der Waals surface area contributed by atoms with Gasteiger partial charge in [-0.3, -0.25) is 4.79 Å². The Morgan fingerprint density at radius 2 is 2.21 bits per heavy atom. The molecule has 0 aliphatic rings. The fourth-order valence-electron chi connectivity index (χ4n) is 1.50. The zero-order valence-electron chi connectivity index (χ0n) is 11.1. The Balaban J connectivity index is 2.01. The van der Waals surface area contributed by atoms with E-state index in [-0.39, 0.29) is 5.91 Å². The van der Waals surface area contributed by atoms with Crippen molar-refractivity contribution in [3.8, 4) is 0 Å². The first-order valence-corrected chi connectivity index (χ1v) is 7.62. The van der Waals surface area contributed by atoms with E-state index in [1.54, 1.807) is 16.7 Å². The van der Waals surface area contributed by atoms with Crippen LogP contribution in [0.25, 0.3) is 0 Å². The highest BCUT2D eigenvalue weighted by Gasteiger charge is 2.13. The summed E-state index contributed by atoms with van der Waals surface area (Å²) in [5.74, 6) is 0.207. The number of aryl methyl sites for hydroxylation is 1. The summed E-state index contributed by atoms with van der Waals surface area (Å²) in [6.07, 6.45) is 0. The third-order valence-corrected chi connectivity index (χ3v) is 4.70. The molecule has 2 rings (SSSR count). The lowest BCUT2D eigenvalue weighted by Crippen LogP contribution is -2.23. The third kappa shape index (κ3) is 3.30. The van der Waals surface area contributed by atoms with Gasteiger partial charge in [0.2, 0.25) is 0 Å². The first kappa shape index (κ1) is 14.0. The number of rotatable bonds is 4. The summed E-state index contributed by atoms with van der Waals surface area (Å²) in [7, 11) is 0. The summed E-state index contributed by atoms with van der Waals surface area (Å²) in [5.41, 5.74) is 6.85. The highest BCUT2D eigenvalue weighted by Crippen LogP contribution is 2.24. The van der Waals surface area contributed by atoms with Crippen LogP contribution in [0.4, 0.5) is 5.13 Å². The molecule has 19 heavy (non-hydrogen) atoms. The number of nitrogens with zero attached hydrogens (tertiary/aromatic N) is 2. The van der Waals surface area contributed by atoms with E-state index in [0.717, 1.165) is 15.6 Å². The van der Waals surface area contributed by atoms with Crippen molar-refractivity contribution in [2.75, 3.05) is 5.73 Å². The number of nitrogens with one attached hydrogen (secondary N) is 1. The van der Waals surface area contributed by atoms with Crippen LogP contribution in [0.15, 0.2) is 5.38 Å². The van der Waals surface area contributed by atoms with Crippen molar-refractivity contribution in [2.45, 2.75) is 33.2 Å². The van der Waals surface area contributed by atoms with Gasteiger partial charge in [-0.1, -0.05) is 13.8 Å². The Bertz CT molecular complexity index is 588. The zero-order chi connectivity index (χ0) is 14.0. The van der Waals surface area contributed by atoms with E-state index in [2.05, 4.69) is 29.1 Å². The average Bonchev–Trinajstić information content (AvgIpc) is 2.93. The second-order valence-electron chi connectivity index (χ2n) is 4.47. The summed E-state index contributed by atoms with van der Waals surface area (Å²) < 4.78 is 0. The number of carbonyl (C=O) groups is 1. The largest absolute Gasteiger partial charge is 0.375 e. The van der Waals surface area contributed by atoms with Gasteiger partial charge in [0.15, 0.2) is 5.13 Å². The lowest BCUT2D eigenvalue weighted by molar-refractivity contribution is 0.0947. The monoisotopic (exact) mass is 296 g/mol. The van der Waals surface area contributed by atoms with E-state index in [1.165, 1.54) is 11.3 Å². The van der Waals surface area contributed by atoms with Gasteiger partial charge in [-0.2, -0.15) is 0 Å². The van der Waals surface area contributed by atoms with Crippen molar-refractivity contribution in [3.63, 3.8) is 0 Å². The molecule has 0 aliphatic heterocycles. The maximum absolute atomic E-state index is 11.8. The molecule has 0 saturated carbocycles. The zero-order valence-corrected chi connectivity index (χ0v) is 12.7. The molecule has 7 heteroatoms. The van der Waals surface area contributed by atoms with Crippen LogP contribution >= 0.6 is 22.7 Å². The van der Waals surface area contributed by atoms with Gasteiger partial charge >= 0.3 is 0 Å². The predicted molar refractivity (Wildman–Crippen MR) is 78.6 cm³/mol. The van der Waals surface area contributed by atoms with Gasteiger partial charge < -0.3 is 11.1 Å². The number of thiazole rings is 2. The maximum atomic E-state index is 11.8. The van der Waals surface area contributed by atoms with Crippen LogP contribution in [-0.4, -0.2) is 15.9 Å². The first-order valence-electron chi connectivity index (χ1n) is 5.92. The number of aromatic nitrogens is 2. The van der Waals surface area contributed by atoms with Crippen molar-refractivity contribution in [1.29, 1.82) is 0 Å². The van der Waals surface area contributed by atoms with Crippen molar-refractivity contribution in [3.05, 3.63) is 26.7 Å². The second-order valence-corrected chi connectivity index (χ2v) is 6.47. The number of hydrogen-bond donors (Lipinski definition) is 2. The SMILES string of the molecule is Cc1nc(C(C)C)sc1CNC(=O)c1csc(N)n1. The fraction of sp³-hybridized carbons (Fsp3) is 0.417. The Hall–Kier alpha value is -1.47. The topological polar surface area (TPSA) is 80.9 Å². The average molecular weight is 296 g/mol. The Morgan fingerprint density at radius 3 is 2.74 bits per heavy atom. The maximum Gasteiger partial charge on any atom is 0.271 e. The quantitative estimate of drug-likeness (QED) is 0.908. The highest BCUT2D eigenvalue weighted by molar-refractivity contribution is 7.13. The van der Waals surface area contributed by atoms with E-state index >= 15 is 0 Å². The molecule has 3 N–H and O–H groups in total. The summed E-state index contributed by atoms with van der Waals surface area (Å²) in [5, 5.41) is 6.00. The minimum absolute atomic E-state index is 0.202. The van der Waals surface area contributed by atoms with Gasteiger partial charge in [-0.15, -0.1) is 22.7 Å². The van der Waals surface area contributed by atoms with Gasteiger partial charge in [-0.25, -0.2) is 9.97 Å². The number of nitrogens with two attached hydrogens (primary N) is 1. The molecule has 0 atom stereocenters. The molecule has 0 bridgehead atoms. The van der Waals surface area contributed by atoms with Gasteiger partial charge in [0, 0.05) is 16.2 Å². The molecule has 0 unspecified atom stereocenters. The van der Waals surface area contributed by atoms with Crippen molar-refractivity contribution in [2.24, 2.45) is 0 Å².